The third kappa shape index (κ3) is 4.15. The first-order chi connectivity index (χ1) is 13.4. The second kappa shape index (κ2) is 8.40. The summed E-state index contributed by atoms with van der Waals surface area (Å²) in [7, 11) is 0. The fourth-order valence-corrected chi connectivity index (χ4v) is 3.24. The predicted octanol–water partition coefficient (Wildman–Crippen LogP) is 4.94. The van der Waals surface area contributed by atoms with E-state index in [4.69, 9.17) is 16.3 Å². The molecule has 1 amide bonds. The molecule has 1 heterocycles. The zero-order valence-electron chi connectivity index (χ0n) is 16.0. The Morgan fingerprint density at radius 1 is 1.18 bits per heavy atom. The fraction of sp³-hybridized carbons (Fsp3) is 0.227. The van der Waals surface area contributed by atoms with Crippen molar-refractivity contribution < 1.29 is 14.3 Å². The maximum Gasteiger partial charge on any atom is 0.339 e. The summed E-state index contributed by atoms with van der Waals surface area (Å²) in [6.07, 6.45) is -0.273. The van der Waals surface area contributed by atoms with Gasteiger partial charge in [0.1, 0.15) is 0 Å². The average molecular weight is 397 g/mol. The third-order valence-corrected chi connectivity index (χ3v) is 4.76. The largest absolute Gasteiger partial charge is 0.449 e. The van der Waals surface area contributed by atoms with Gasteiger partial charge in [0, 0.05) is 21.8 Å². The number of amides is 1. The van der Waals surface area contributed by atoms with Crippen LogP contribution >= 0.6 is 11.6 Å². The Hall–Kier alpha value is -2.92. The number of carbonyl (C=O) groups is 2. The third-order valence-electron chi connectivity index (χ3n) is 4.52. The van der Waals surface area contributed by atoms with E-state index in [-0.39, 0.29) is 0 Å². The van der Waals surface area contributed by atoms with E-state index in [1.807, 2.05) is 38.1 Å². The molecule has 0 spiro atoms. The molecule has 0 radical (unpaired) electrons. The smallest absolute Gasteiger partial charge is 0.339 e. The lowest BCUT2D eigenvalue weighted by Gasteiger charge is -2.17. The van der Waals surface area contributed by atoms with Crippen molar-refractivity contribution in [3.63, 3.8) is 0 Å². The van der Waals surface area contributed by atoms with Crippen LogP contribution in [0.3, 0.4) is 0 Å². The summed E-state index contributed by atoms with van der Waals surface area (Å²) in [5.41, 5.74) is 3.33. The number of fused-ring (bicyclic) bond motifs is 1. The average Bonchev–Trinajstić information content (AvgIpc) is 2.67. The van der Waals surface area contributed by atoms with Gasteiger partial charge in [-0.2, -0.15) is 0 Å². The van der Waals surface area contributed by atoms with Crippen LogP contribution in [0.1, 0.15) is 35.5 Å². The van der Waals surface area contributed by atoms with Crippen molar-refractivity contribution in [1.82, 2.24) is 4.98 Å². The minimum Gasteiger partial charge on any atom is -0.449 e. The SMILES string of the molecule is CCc1nc2ccccc2c(C(=O)O[C@H](C)C(=O)Nc2cccc(Cl)c2)c1C. The molecule has 0 aliphatic rings. The summed E-state index contributed by atoms with van der Waals surface area (Å²) in [5.74, 6) is -0.970. The van der Waals surface area contributed by atoms with Crippen LogP contribution < -0.4 is 5.32 Å². The van der Waals surface area contributed by atoms with E-state index in [2.05, 4.69) is 10.3 Å². The molecule has 28 heavy (non-hydrogen) atoms. The summed E-state index contributed by atoms with van der Waals surface area (Å²) in [6.45, 7) is 5.38. The summed E-state index contributed by atoms with van der Waals surface area (Å²) in [6, 6.07) is 14.2. The number of anilines is 1. The van der Waals surface area contributed by atoms with E-state index in [9.17, 15) is 9.59 Å². The van der Waals surface area contributed by atoms with Gasteiger partial charge in [0.15, 0.2) is 6.10 Å². The summed E-state index contributed by atoms with van der Waals surface area (Å²) >= 11 is 5.93. The topological polar surface area (TPSA) is 68.3 Å². The number of ether oxygens (including phenoxy) is 1. The van der Waals surface area contributed by atoms with Crippen molar-refractivity contribution in [3.8, 4) is 0 Å². The van der Waals surface area contributed by atoms with Crippen LogP contribution in [0.4, 0.5) is 5.69 Å². The number of aryl methyl sites for hydroxylation is 1. The van der Waals surface area contributed by atoms with Crippen molar-refractivity contribution in [2.75, 3.05) is 5.32 Å². The number of pyridine rings is 1. The Morgan fingerprint density at radius 3 is 2.64 bits per heavy atom. The van der Waals surface area contributed by atoms with Crippen LogP contribution in [0.2, 0.25) is 5.02 Å². The first kappa shape index (κ1) is 19.8. The first-order valence-electron chi connectivity index (χ1n) is 9.06. The highest BCUT2D eigenvalue weighted by atomic mass is 35.5. The molecular formula is C22H21ClN2O3. The van der Waals surface area contributed by atoms with Gasteiger partial charge in [0.2, 0.25) is 0 Å². The van der Waals surface area contributed by atoms with Gasteiger partial charge in [-0.05, 0) is 50.1 Å². The van der Waals surface area contributed by atoms with E-state index < -0.39 is 18.0 Å². The molecule has 1 N–H and O–H groups in total. The molecule has 1 atom stereocenters. The molecule has 2 aromatic carbocycles. The first-order valence-corrected chi connectivity index (χ1v) is 9.44. The standard InChI is InChI=1S/C22H21ClN2O3/c1-4-18-13(2)20(17-10-5-6-11-19(17)25-18)22(27)28-14(3)21(26)24-16-9-7-8-15(23)12-16/h5-12,14H,4H2,1-3H3,(H,24,26)/t14-/m1/s1. The maximum absolute atomic E-state index is 12.9. The lowest BCUT2D eigenvalue weighted by Crippen LogP contribution is -2.30. The van der Waals surface area contributed by atoms with E-state index in [0.29, 0.717) is 28.1 Å². The van der Waals surface area contributed by atoms with Crippen LogP contribution in [-0.2, 0) is 16.0 Å². The number of esters is 1. The number of hydrogen-bond acceptors (Lipinski definition) is 4. The molecular weight excluding hydrogens is 376 g/mol. The van der Waals surface area contributed by atoms with Gasteiger partial charge in [0.05, 0.1) is 11.1 Å². The van der Waals surface area contributed by atoms with Crippen LogP contribution in [0.15, 0.2) is 48.5 Å². The van der Waals surface area contributed by atoms with Crippen LogP contribution in [0.25, 0.3) is 10.9 Å². The minimum atomic E-state index is -0.970. The molecule has 0 saturated heterocycles. The van der Waals surface area contributed by atoms with Gasteiger partial charge >= 0.3 is 5.97 Å². The quantitative estimate of drug-likeness (QED) is 0.620. The van der Waals surface area contributed by atoms with Crippen molar-refractivity contribution in [2.45, 2.75) is 33.3 Å². The molecule has 0 unspecified atom stereocenters. The Balaban J connectivity index is 1.84. The molecule has 0 aliphatic heterocycles. The van der Waals surface area contributed by atoms with Crippen LogP contribution in [-0.4, -0.2) is 23.0 Å². The zero-order valence-corrected chi connectivity index (χ0v) is 16.7. The van der Waals surface area contributed by atoms with Gasteiger partial charge in [-0.1, -0.05) is 42.8 Å². The number of rotatable bonds is 5. The van der Waals surface area contributed by atoms with Gasteiger partial charge in [0.25, 0.3) is 5.91 Å². The van der Waals surface area contributed by atoms with Crippen molar-refractivity contribution >= 4 is 40.1 Å². The number of carbonyl (C=O) groups excluding carboxylic acids is 2. The second-order valence-corrected chi connectivity index (χ2v) is 6.91. The van der Waals surface area contributed by atoms with Crippen LogP contribution in [0.5, 0.6) is 0 Å². The molecule has 3 rings (SSSR count). The number of nitrogens with zero attached hydrogens (tertiary/aromatic N) is 1. The Morgan fingerprint density at radius 2 is 1.93 bits per heavy atom. The zero-order chi connectivity index (χ0) is 20.3. The lowest BCUT2D eigenvalue weighted by molar-refractivity contribution is -0.123. The molecule has 5 nitrogen and oxygen atoms in total. The molecule has 0 saturated carbocycles. The molecule has 0 aliphatic carbocycles. The molecule has 3 aromatic rings. The molecule has 0 fully saturated rings. The lowest BCUT2D eigenvalue weighted by atomic mass is 10.0. The molecule has 144 valence electrons. The van der Waals surface area contributed by atoms with Crippen molar-refractivity contribution in [3.05, 3.63) is 70.4 Å². The number of halogens is 1. The number of benzene rings is 2. The predicted molar refractivity (Wildman–Crippen MR) is 111 cm³/mol. The van der Waals surface area contributed by atoms with Gasteiger partial charge in [-0.25, -0.2) is 4.79 Å². The molecule has 0 bridgehead atoms. The van der Waals surface area contributed by atoms with Crippen molar-refractivity contribution in [1.29, 1.82) is 0 Å². The van der Waals surface area contributed by atoms with E-state index in [1.54, 1.807) is 24.3 Å². The monoisotopic (exact) mass is 396 g/mol. The highest BCUT2D eigenvalue weighted by molar-refractivity contribution is 6.30. The summed E-state index contributed by atoms with van der Waals surface area (Å²) in [4.78, 5) is 30.0. The van der Waals surface area contributed by atoms with Gasteiger partial charge in [-0.3, -0.25) is 9.78 Å². The summed E-state index contributed by atoms with van der Waals surface area (Å²) in [5, 5.41) is 3.92. The highest BCUT2D eigenvalue weighted by Gasteiger charge is 2.23. The highest BCUT2D eigenvalue weighted by Crippen LogP contribution is 2.25. The van der Waals surface area contributed by atoms with Crippen molar-refractivity contribution in [2.24, 2.45) is 0 Å². The molecule has 6 heteroatoms. The van der Waals surface area contributed by atoms with Crippen LogP contribution in [0, 0.1) is 6.92 Å². The Labute approximate surface area is 168 Å². The maximum atomic E-state index is 12.9. The van der Waals surface area contributed by atoms with E-state index in [1.165, 1.54) is 6.92 Å². The molecule has 1 aromatic heterocycles. The van der Waals surface area contributed by atoms with E-state index >= 15 is 0 Å². The number of para-hydroxylation sites is 1. The Bertz CT molecular complexity index is 1050. The van der Waals surface area contributed by atoms with E-state index in [0.717, 1.165) is 16.8 Å². The Kier molecular flexibility index (Phi) is 5.95. The van der Waals surface area contributed by atoms with Gasteiger partial charge < -0.3 is 10.1 Å². The fourth-order valence-electron chi connectivity index (χ4n) is 3.05. The minimum absolute atomic E-state index is 0.428. The number of hydrogen-bond donors (Lipinski definition) is 1. The number of aromatic nitrogens is 1. The second-order valence-electron chi connectivity index (χ2n) is 6.48. The number of nitrogens with one attached hydrogen (secondary N) is 1. The van der Waals surface area contributed by atoms with Gasteiger partial charge in [-0.15, -0.1) is 0 Å². The summed E-state index contributed by atoms with van der Waals surface area (Å²) < 4.78 is 5.48. The normalized spacial score (nSPS) is 11.9.